The molecule has 2 heterocycles. The number of hydrogen-bond donors (Lipinski definition) is 1. The van der Waals surface area contributed by atoms with Gasteiger partial charge in [-0.05, 0) is 25.9 Å². The highest BCUT2D eigenvalue weighted by Gasteiger charge is 2.36. The predicted molar refractivity (Wildman–Crippen MR) is 89.6 cm³/mol. The maximum absolute atomic E-state index is 12.1. The Bertz CT molecular complexity index is 302. The Labute approximate surface area is 140 Å². The number of carbonyl (C=O) groups excluding carboxylic acids is 1. The number of carbonyl (C=O) groups is 1. The van der Waals surface area contributed by atoms with Crippen LogP contribution in [-0.2, 0) is 9.53 Å². The molecule has 0 bridgehead atoms. The summed E-state index contributed by atoms with van der Waals surface area (Å²) in [5, 5.41) is 3.09. The van der Waals surface area contributed by atoms with Gasteiger partial charge in [0, 0.05) is 38.6 Å². The van der Waals surface area contributed by atoms with Crippen LogP contribution in [-0.4, -0.2) is 74.7 Å². The molecule has 126 valence electrons. The van der Waals surface area contributed by atoms with Crippen LogP contribution in [0.2, 0.25) is 0 Å². The lowest BCUT2D eigenvalue weighted by Crippen LogP contribution is -2.47. The number of hydrogen-bond acceptors (Lipinski definition) is 4. The monoisotopic (exact) mass is 341 g/mol. The van der Waals surface area contributed by atoms with Gasteiger partial charge >= 0.3 is 0 Å². The van der Waals surface area contributed by atoms with Gasteiger partial charge in [0.25, 0.3) is 0 Å². The molecule has 0 spiro atoms. The van der Waals surface area contributed by atoms with Crippen molar-refractivity contribution in [1.82, 2.24) is 15.1 Å². The topological polar surface area (TPSA) is 44.8 Å². The Balaban J connectivity index is 0.00000200. The second kappa shape index (κ2) is 10.6. The lowest BCUT2D eigenvalue weighted by molar-refractivity contribution is -0.130. The lowest BCUT2D eigenvalue weighted by atomic mass is 10.0. The van der Waals surface area contributed by atoms with Gasteiger partial charge < -0.3 is 15.0 Å². The van der Waals surface area contributed by atoms with Crippen molar-refractivity contribution in [2.24, 2.45) is 5.92 Å². The smallest absolute Gasteiger partial charge is 0.222 e. The summed E-state index contributed by atoms with van der Waals surface area (Å²) < 4.78 is 5.41. The molecule has 2 saturated heterocycles. The quantitative estimate of drug-likeness (QED) is 0.758. The maximum Gasteiger partial charge on any atom is 0.222 e. The number of likely N-dealkylation sites (tertiary alicyclic amines) is 1. The number of morpholine rings is 1. The van der Waals surface area contributed by atoms with E-state index in [4.69, 9.17) is 4.74 Å². The molecule has 2 unspecified atom stereocenters. The van der Waals surface area contributed by atoms with E-state index in [1.54, 1.807) is 0 Å². The molecule has 2 atom stereocenters. The number of nitrogens with one attached hydrogen (secondary N) is 1. The van der Waals surface area contributed by atoms with Crippen LogP contribution in [0.5, 0.6) is 0 Å². The van der Waals surface area contributed by atoms with Crippen LogP contribution in [0, 0.1) is 5.92 Å². The Kier molecular flexibility index (Phi) is 10.6. The van der Waals surface area contributed by atoms with Crippen LogP contribution < -0.4 is 5.32 Å². The van der Waals surface area contributed by atoms with Crippen molar-refractivity contribution in [3.63, 3.8) is 0 Å². The lowest BCUT2D eigenvalue weighted by Gasteiger charge is -2.34. The zero-order valence-corrected chi connectivity index (χ0v) is 14.7. The van der Waals surface area contributed by atoms with E-state index in [9.17, 15) is 4.79 Å². The van der Waals surface area contributed by atoms with E-state index in [1.165, 1.54) is 0 Å². The molecule has 0 saturated carbocycles. The number of rotatable bonds is 5. The molecule has 2 aliphatic heterocycles. The Morgan fingerprint density at radius 3 is 2.52 bits per heavy atom. The van der Waals surface area contributed by atoms with Crippen LogP contribution in [0.15, 0.2) is 0 Å². The van der Waals surface area contributed by atoms with Gasteiger partial charge in [-0.3, -0.25) is 9.69 Å². The van der Waals surface area contributed by atoms with Crippen LogP contribution in [0.3, 0.4) is 0 Å². The summed E-state index contributed by atoms with van der Waals surface area (Å²) in [6, 6.07) is 0.525. The molecule has 21 heavy (non-hydrogen) atoms. The summed E-state index contributed by atoms with van der Waals surface area (Å²) >= 11 is 0. The summed E-state index contributed by atoms with van der Waals surface area (Å²) in [4.78, 5) is 16.7. The molecule has 7 heteroatoms. The SMILES string of the molecule is CNCCCC(=O)N1CC(C)C(N2CCOCC2)C1.Cl.Cl. The first kappa shape index (κ1) is 20.9. The van der Waals surface area contributed by atoms with E-state index < -0.39 is 0 Å². The van der Waals surface area contributed by atoms with Crippen molar-refractivity contribution >= 4 is 30.7 Å². The van der Waals surface area contributed by atoms with Gasteiger partial charge in [-0.25, -0.2) is 0 Å². The number of amides is 1. The summed E-state index contributed by atoms with van der Waals surface area (Å²) in [5.41, 5.74) is 0. The molecule has 0 aromatic carbocycles. The Morgan fingerprint density at radius 1 is 1.24 bits per heavy atom. The molecular formula is C14H29Cl2N3O2. The highest BCUT2D eigenvalue weighted by atomic mass is 35.5. The average Bonchev–Trinajstić information content (AvgIpc) is 2.82. The van der Waals surface area contributed by atoms with Gasteiger partial charge in [0.15, 0.2) is 0 Å². The number of ether oxygens (including phenoxy) is 1. The predicted octanol–water partition coefficient (Wildman–Crippen LogP) is 1.01. The van der Waals surface area contributed by atoms with Gasteiger partial charge in [-0.2, -0.15) is 0 Å². The zero-order chi connectivity index (χ0) is 13.7. The standard InChI is InChI=1S/C14H27N3O2.2ClH/c1-12-10-17(14(18)4-3-5-15-2)11-13(12)16-6-8-19-9-7-16;;/h12-13,15H,3-11H2,1-2H3;2*1H. The van der Waals surface area contributed by atoms with Gasteiger partial charge in [0.1, 0.15) is 0 Å². The van der Waals surface area contributed by atoms with Gasteiger partial charge in [-0.1, -0.05) is 6.92 Å². The normalized spacial score (nSPS) is 26.1. The molecule has 5 nitrogen and oxygen atoms in total. The Morgan fingerprint density at radius 2 is 1.90 bits per heavy atom. The molecule has 2 fully saturated rings. The second-order valence-electron chi connectivity index (χ2n) is 5.70. The fraction of sp³-hybridized carbons (Fsp3) is 0.929. The highest BCUT2D eigenvalue weighted by molar-refractivity contribution is 5.85. The summed E-state index contributed by atoms with van der Waals surface area (Å²) in [6.07, 6.45) is 1.60. The largest absolute Gasteiger partial charge is 0.379 e. The van der Waals surface area contributed by atoms with Crippen molar-refractivity contribution in [2.75, 3.05) is 53.0 Å². The molecule has 0 aliphatic carbocycles. The first-order valence-corrected chi connectivity index (χ1v) is 7.46. The highest BCUT2D eigenvalue weighted by Crippen LogP contribution is 2.23. The fourth-order valence-electron chi connectivity index (χ4n) is 3.11. The summed E-state index contributed by atoms with van der Waals surface area (Å²) in [5.74, 6) is 0.893. The first-order valence-electron chi connectivity index (χ1n) is 7.46. The molecule has 0 radical (unpaired) electrons. The van der Waals surface area contributed by atoms with Crippen LogP contribution in [0.1, 0.15) is 19.8 Å². The number of nitrogens with zero attached hydrogens (tertiary/aromatic N) is 2. The molecule has 1 amide bonds. The van der Waals surface area contributed by atoms with E-state index in [0.29, 0.717) is 24.3 Å². The third-order valence-electron chi connectivity index (χ3n) is 4.26. The number of halogens is 2. The zero-order valence-electron chi connectivity index (χ0n) is 13.0. The van der Waals surface area contributed by atoms with Gasteiger partial charge in [0.05, 0.1) is 13.2 Å². The third-order valence-corrected chi connectivity index (χ3v) is 4.26. The van der Waals surface area contributed by atoms with Gasteiger partial charge in [-0.15, -0.1) is 24.8 Å². The molecule has 2 aliphatic rings. The molecule has 0 aromatic heterocycles. The summed E-state index contributed by atoms with van der Waals surface area (Å²) in [7, 11) is 1.93. The average molecular weight is 342 g/mol. The molecule has 0 aromatic rings. The van der Waals surface area contributed by atoms with Gasteiger partial charge in [0.2, 0.25) is 5.91 Å². The minimum absolute atomic E-state index is 0. The van der Waals surface area contributed by atoms with E-state index in [1.807, 2.05) is 7.05 Å². The first-order chi connectivity index (χ1) is 9.22. The Hall–Kier alpha value is -0.0700. The molecule has 2 rings (SSSR count). The van der Waals surface area contributed by atoms with Crippen LogP contribution >= 0.6 is 24.8 Å². The van der Waals surface area contributed by atoms with Crippen molar-refractivity contribution in [2.45, 2.75) is 25.8 Å². The van der Waals surface area contributed by atoms with E-state index in [2.05, 4.69) is 22.0 Å². The third kappa shape index (κ3) is 5.91. The minimum Gasteiger partial charge on any atom is -0.379 e. The van der Waals surface area contributed by atoms with Crippen molar-refractivity contribution < 1.29 is 9.53 Å². The van der Waals surface area contributed by atoms with Crippen LogP contribution in [0.4, 0.5) is 0 Å². The molecule has 1 N–H and O–H groups in total. The minimum atomic E-state index is 0. The van der Waals surface area contributed by atoms with E-state index in [0.717, 1.165) is 52.4 Å². The summed E-state index contributed by atoms with van der Waals surface area (Å²) in [6.45, 7) is 8.69. The maximum atomic E-state index is 12.1. The van der Waals surface area contributed by atoms with Crippen molar-refractivity contribution in [1.29, 1.82) is 0 Å². The van der Waals surface area contributed by atoms with E-state index >= 15 is 0 Å². The van der Waals surface area contributed by atoms with Crippen molar-refractivity contribution in [3.05, 3.63) is 0 Å². The fourth-order valence-corrected chi connectivity index (χ4v) is 3.11. The second-order valence-corrected chi connectivity index (χ2v) is 5.70. The van der Waals surface area contributed by atoms with Crippen LogP contribution in [0.25, 0.3) is 0 Å². The molecular weight excluding hydrogens is 313 g/mol. The van der Waals surface area contributed by atoms with E-state index in [-0.39, 0.29) is 24.8 Å². The van der Waals surface area contributed by atoms with Crippen molar-refractivity contribution in [3.8, 4) is 0 Å².